The summed E-state index contributed by atoms with van der Waals surface area (Å²) in [5.74, 6) is 5.05. The summed E-state index contributed by atoms with van der Waals surface area (Å²) in [6.45, 7) is 3.69. The minimum absolute atomic E-state index is 0.214. The lowest BCUT2D eigenvalue weighted by atomic mass is 9.95. The van der Waals surface area contributed by atoms with Crippen LogP contribution in [0.2, 0.25) is 0 Å². The van der Waals surface area contributed by atoms with Crippen molar-refractivity contribution in [3.63, 3.8) is 0 Å². The second kappa shape index (κ2) is 6.11. The highest BCUT2D eigenvalue weighted by atomic mass is 19.1. The monoisotopic (exact) mass is 276 g/mol. The Kier molecular flexibility index (Phi) is 4.47. The van der Waals surface area contributed by atoms with Crippen molar-refractivity contribution in [3.8, 4) is 0 Å². The van der Waals surface area contributed by atoms with Crippen LogP contribution in [0, 0.1) is 25.5 Å². The standard InChI is InChI=1S/C16H18F2N2/c1-10-5-13(8-15(18)6-10)16(20-19)9-12-3-4-14(17)7-11(12)2/h3-8,16,20H,9,19H2,1-2H3. The van der Waals surface area contributed by atoms with E-state index < -0.39 is 0 Å². The Morgan fingerprint density at radius 2 is 1.80 bits per heavy atom. The van der Waals surface area contributed by atoms with Crippen LogP contribution in [0.3, 0.4) is 0 Å². The highest BCUT2D eigenvalue weighted by Gasteiger charge is 2.13. The molecular formula is C16H18F2N2. The molecule has 0 aliphatic carbocycles. The van der Waals surface area contributed by atoms with Crippen LogP contribution in [-0.2, 0) is 6.42 Å². The van der Waals surface area contributed by atoms with Gasteiger partial charge in [0, 0.05) is 0 Å². The zero-order chi connectivity index (χ0) is 14.7. The molecule has 2 nitrogen and oxygen atoms in total. The number of hydrogen-bond donors (Lipinski definition) is 2. The number of benzene rings is 2. The van der Waals surface area contributed by atoms with Crippen molar-refractivity contribution in [2.45, 2.75) is 26.3 Å². The van der Waals surface area contributed by atoms with E-state index in [0.717, 1.165) is 22.3 Å². The third-order valence-electron chi connectivity index (χ3n) is 3.40. The number of rotatable bonds is 4. The molecule has 20 heavy (non-hydrogen) atoms. The van der Waals surface area contributed by atoms with Gasteiger partial charge in [-0.15, -0.1) is 0 Å². The Balaban J connectivity index is 2.28. The van der Waals surface area contributed by atoms with Gasteiger partial charge in [-0.25, -0.2) is 8.78 Å². The molecule has 3 N–H and O–H groups in total. The zero-order valence-electron chi connectivity index (χ0n) is 11.6. The molecular weight excluding hydrogens is 258 g/mol. The Morgan fingerprint density at radius 1 is 1.05 bits per heavy atom. The normalized spacial score (nSPS) is 12.4. The summed E-state index contributed by atoms with van der Waals surface area (Å²) >= 11 is 0. The van der Waals surface area contributed by atoms with Gasteiger partial charge in [-0.3, -0.25) is 11.3 Å². The van der Waals surface area contributed by atoms with Gasteiger partial charge in [0.15, 0.2) is 0 Å². The van der Waals surface area contributed by atoms with Crippen LogP contribution < -0.4 is 11.3 Å². The quantitative estimate of drug-likeness (QED) is 0.664. The average Bonchev–Trinajstić information content (AvgIpc) is 2.36. The second-order valence-electron chi connectivity index (χ2n) is 5.06. The first-order valence-corrected chi connectivity index (χ1v) is 6.48. The summed E-state index contributed by atoms with van der Waals surface area (Å²) in [5.41, 5.74) is 6.17. The zero-order valence-corrected chi connectivity index (χ0v) is 11.6. The van der Waals surface area contributed by atoms with Crippen molar-refractivity contribution in [1.82, 2.24) is 5.43 Å². The van der Waals surface area contributed by atoms with Gasteiger partial charge in [-0.2, -0.15) is 0 Å². The van der Waals surface area contributed by atoms with Gasteiger partial charge in [-0.1, -0.05) is 12.1 Å². The van der Waals surface area contributed by atoms with Crippen LogP contribution in [0.4, 0.5) is 8.78 Å². The van der Waals surface area contributed by atoms with Gasteiger partial charge in [0.1, 0.15) is 11.6 Å². The summed E-state index contributed by atoms with van der Waals surface area (Å²) in [6.07, 6.45) is 0.575. The second-order valence-corrected chi connectivity index (χ2v) is 5.06. The maximum Gasteiger partial charge on any atom is 0.123 e. The molecule has 0 amide bonds. The molecule has 2 aromatic rings. The molecule has 0 aliphatic heterocycles. The van der Waals surface area contributed by atoms with Crippen molar-refractivity contribution in [3.05, 3.63) is 70.3 Å². The lowest BCUT2D eigenvalue weighted by Gasteiger charge is -2.18. The SMILES string of the molecule is Cc1cc(F)cc(C(Cc2ccc(F)cc2C)NN)c1. The van der Waals surface area contributed by atoms with Gasteiger partial charge in [-0.05, 0) is 66.8 Å². The molecule has 106 valence electrons. The highest BCUT2D eigenvalue weighted by molar-refractivity contribution is 5.31. The van der Waals surface area contributed by atoms with E-state index in [2.05, 4.69) is 5.43 Å². The summed E-state index contributed by atoms with van der Waals surface area (Å²) in [4.78, 5) is 0. The fraction of sp³-hybridized carbons (Fsp3) is 0.250. The Bertz CT molecular complexity index is 591. The minimum Gasteiger partial charge on any atom is -0.271 e. The van der Waals surface area contributed by atoms with Crippen molar-refractivity contribution < 1.29 is 8.78 Å². The third kappa shape index (κ3) is 3.40. The Labute approximate surface area is 117 Å². The highest BCUT2D eigenvalue weighted by Crippen LogP contribution is 2.22. The molecule has 4 heteroatoms. The molecule has 0 fully saturated rings. The van der Waals surface area contributed by atoms with Gasteiger partial charge in [0.25, 0.3) is 0 Å². The smallest absolute Gasteiger partial charge is 0.123 e. The Hall–Kier alpha value is -1.78. The number of hydrogen-bond acceptors (Lipinski definition) is 2. The van der Waals surface area contributed by atoms with E-state index in [1.807, 2.05) is 19.9 Å². The van der Waals surface area contributed by atoms with Gasteiger partial charge in [0.2, 0.25) is 0 Å². The predicted octanol–water partition coefficient (Wildman–Crippen LogP) is 3.33. The van der Waals surface area contributed by atoms with Crippen molar-refractivity contribution in [1.29, 1.82) is 0 Å². The van der Waals surface area contributed by atoms with Gasteiger partial charge < -0.3 is 0 Å². The summed E-state index contributed by atoms with van der Waals surface area (Å²) in [7, 11) is 0. The Morgan fingerprint density at radius 3 is 2.40 bits per heavy atom. The summed E-state index contributed by atoms with van der Waals surface area (Å²) < 4.78 is 26.6. The number of halogens is 2. The van der Waals surface area contributed by atoms with E-state index in [0.29, 0.717) is 6.42 Å². The largest absolute Gasteiger partial charge is 0.271 e. The van der Waals surface area contributed by atoms with Crippen molar-refractivity contribution in [2.24, 2.45) is 5.84 Å². The first-order valence-electron chi connectivity index (χ1n) is 6.48. The summed E-state index contributed by atoms with van der Waals surface area (Å²) in [6, 6.07) is 9.27. The molecule has 0 bridgehead atoms. The molecule has 0 aromatic heterocycles. The van der Waals surface area contributed by atoms with Gasteiger partial charge in [0.05, 0.1) is 6.04 Å². The molecule has 0 aliphatic rings. The number of aryl methyl sites for hydroxylation is 2. The van der Waals surface area contributed by atoms with E-state index >= 15 is 0 Å². The maximum absolute atomic E-state index is 13.5. The third-order valence-corrected chi connectivity index (χ3v) is 3.40. The maximum atomic E-state index is 13.5. The van der Waals surface area contributed by atoms with E-state index in [1.165, 1.54) is 24.3 Å². The first-order chi connectivity index (χ1) is 9.49. The lowest BCUT2D eigenvalue weighted by molar-refractivity contribution is 0.542. The van der Waals surface area contributed by atoms with E-state index in [-0.39, 0.29) is 17.7 Å². The molecule has 2 aromatic carbocycles. The van der Waals surface area contributed by atoms with Crippen LogP contribution >= 0.6 is 0 Å². The fourth-order valence-electron chi connectivity index (χ4n) is 2.35. The van der Waals surface area contributed by atoms with Crippen molar-refractivity contribution >= 4 is 0 Å². The molecule has 1 atom stereocenters. The molecule has 2 rings (SSSR count). The number of nitrogens with one attached hydrogen (secondary N) is 1. The minimum atomic E-state index is -0.281. The van der Waals surface area contributed by atoms with E-state index in [4.69, 9.17) is 5.84 Å². The van der Waals surface area contributed by atoms with Gasteiger partial charge >= 0.3 is 0 Å². The molecule has 1 unspecified atom stereocenters. The van der Waals surface area contributed by atoms with Crippen LogP contribution in [0.5, 0.6) is 0 Å². The number of nitrogens with two attached hydrogens (primary N) is 1. The molecule has 0 heterocycles. The van der Waals surface area contributed by atoms with Crippen molar-refractivity contribution in [2.75, 3.05) is 0 Å². The van der Waals surface area contributed by atoms with E-state index in [1.54, 1.807) is 6.07 Å². The van der Waals surface area contributed by atoms with Crippen LogP contribution in [0.15, 0.2) is 36.4 Å². The molecule has 0 spiro atoms. The van der Waals surface area contributed by atoms with Crippen LogP contribution in [-0.4, -0.2) is 0 Å². The van der Waals surface area contributed by atoms with Crippen LogP contribution in [0.1, 0.15) is 28.3 Å². The van der Waals surface area contributed by atoms with Crippen LogP contribution in [0.25, 0.3) is 0 Å². The molecule has 0 saturated heterocycles. The number of hydrazine groups is 1. The topological polar surface area (TPSA) is 38.0 Å². The van der Waals surface area contributed by atoms with E-state index in [9.17, 15) is 8.78 Å². The fourth-order valence-corrected chi connectivity index (χ4v) is 2.35. The summed E-state index contributed by atoms with van der Waals surface area (Å²) in [5, 5.41) is 0. The predicted molar refractivity (Wildman–Crippen MR) is 76.0 cm³/mol. The first kappa shape index (κ1) is 14.6. The molecule has 0 saturated carbocycles. The molecule has 0 radical (unpaired) electrons. The lowest BCUT2D eigenvalue weighted by Crippen LogP contribution is -2.30. The average molecular weight is 276 g/mol.